The maximum absolute atomic E-state index is 12.2. The van der Waals surface area contributed by atoms with Crippen molar-refractivity contribution < 1.29 is 9.72 Å². The van der Waals surface area contributed by atoms with Crippen molar-refractivity contribution in [3.63, 3.8) is 0 Å². The van der Waals surface area contributed by atoms with Crippen molar-refractivity contribution in [1.82, 2.24) is 4.98 Å². The van der Waals surface area contributed by atoms with Crippen LogP contribution in [0.25, 0.3) is 10.6 Å². The predicted molar refractivity (Wildman–Crippen MR) is 93.6 cm³/mol. The van der Waals surface area contributed by atoms with E-state index in [1.54, 1.807) is 17.5 Å². The van der Waals surface area contributed by atoms with Crippen LogP contribution in [0.15, 0.2) is 53.9 Å². The van der Waals surface area contributed by atoms with Crippen LogP contribution in [0.5, 0.6) is 0 Å². The number of nitrogens with zero attached hydrogens (tertiary/aromatic N) is 2. The van der Waals surface area contributed by atoms with Crippen molar-refractivity contribution >= 4 is 40.2 Å². The highest BCUT2D eigenvalue weighted by molar-refractivity contribution is 7.13. The fourth-order valence-electron chi connectivity index (χ4n) is 1.99. The summed E-state index contributed by atoms with van der Waals surface area (Å²) in [5.74, 6) is -0.381. The highest BCUT2D eigenvalue weighted by Crippen LogP contribution is 2.26. The Morgan fingerprint density at radius 3 is 2.62 bits per heavy atom. The van der Waals surface area contributed by atoms with Gasteiger partial charge < -0.3 is 5.32 Å². The smallest absolute Gasteiger partial charge is 0.275 e. The quantitative estimate of drug-likeness (QED) is 0.543. The van der Waals surface area contributed by atoms with Crippen LogP contribution in [0.2, 0.25) is 5.02 Å². The van der Waals surface area contributed by atoms with Gasteiger partial charge in [0.2, 0.25) is 0 Å². The highest BCUT2D eigenvalue weighted by atomic mass is 35.5. The minimum absolute atomic E-state index is 0.0371. The van der Waals surface area contributed by atoms with Gasteiger partial charge in [-0.3, -0.25) is 14.9 Å². The van der Waals surface area contributed by atoms with Crippen LogP contribution < -0.4 is 5.32 Å². The molecule has 0 bridgehead atoms. The molecule has 0 unspecified atom stereocenters. The number of nitro benzene ring substituents is 1. The largest absolute Gasteiger partial charge is 0.321 e. The number of thiazole rings is 1. The molecular weight excluding hydrogens is 350 g/mol. The topological polar surface area (TPSA) is 85.1 Å². The molecule has 1 heterocycles. The lowest BCUT2D eigenvalue weighted by Crippen LogP contribution is -2.12. The summed E-state index contributed by atoms with van der Waals surface area (Å²) in [6.07, 6.45) is 0. The maximum atomic E-state index is 12.2. The summed E-state index contributed by atoms with van der Waals surface area (Å²) in [5.41, 5.74) is 1.53. The van der Waals surface area contributed by atoms with Gasteiger partial charge in [0.15, 0.2) is 0 Å². The Bertz CT molecular complexity index is 909. The van der Waals surface area contributed by atoms with Crippen molar-refractivity contribution in [2.75, 3.05) is 5.32 Å². The molecule has 6 nitrogen and oxygen atoms in total. The number of nitro groups is 1. The van der Waals surface area contributed by atoms with E-state index in [1.165, 1.54) is 35.6 Å². The summed E-state index contributed by atoms with van der Waals surface area (Å²) in [6.45, 7) is 0. The SMILES string of the molecule is O=C(Nc1ccc([N+](=O)[O-])cc1)c1csc(-c2cccc(Cl)c2)n1. The van der Waals surface area contributed by atoms with Crippen LogP contribution >= 0.6 is 22.9 Å². The first kappa shape index (κ1) is 16.1. The van der Waals surface area contributed by atoms with E-state index in [2.05, 4.69) is 10.3 Å². The van der Waals surface area contributed by atoms with Gasteiger partial charge in [0, 0.05) is 33.8 Å². The Labute approximate surface area is 145 Å². The van der Waals surface area contributed by atoms with Crippen LogP contribution in [0.4, 0.5) is 11.4 Å². The molecule has 1 aromatic heterocycles. The van der Waals surface area contributed by atoms with Crippen LogP contribution in [-0.4, -0.2) is 15.8 Å². The highest BCUT2D eigenvalue weighted by Gasteiger charge is 2.13. The van der Waals surface area contributed by atoms with Crippen molar-refractivity contribution in [3.05, 3.63) is 74.7 Å². The maximum Gasteiger partial charge on any atom is 0.275 e. The molecule has 0 radical (unpaired) electrons. The summed E-state index contributed by atoms with van der Waals surface area (Å²) >= 11 is 7.29. The molecule has 24 heavy (non-hydrogen) atoms. The first-order valence-electron chi connectivity index (χ1n) is 6.80. The van der Waals surface area contributed by atoms with E-state index in [4.69, 9.17) is 11.6 Å². The Hall–Kier alpha value is -2.77. The molecule has 8 heteroatoms. The van der Waals surface area contributed by atoms with E-state index >= 15 is 0 Å². The summed E-state index contributed by atoms with van der Waals surface area (Å²) in [5, 5.41) is 16.2. The molecule has 0 saturated heterocycles. The van der Waals surface area contributed by atoms with Crippen molar-refractivity contribution in [2.24, 2.45) is 0 Å². The normalized spacial score (nSPS) is 10.4. The van der Waals surface area contributed by atoms with Gasteiger partial charge in [-0.15, -0.1) is 11.3 Å². The number of halogens is 1. The number of carbonyl (C=O) groups excluding carboxylic acids is 1. The molecule has 0 aliphatic rings. The lowest BCUT2D eigenvalue weighted by molar-refractivity contribution is -0.384. The number of benzene rings is 2. The molecule has 0 fully saturated rings. The van der Waals surface area contributed by atoms with Gasteiger partial charge in [0.1, 0.15) is 10.7 Å². The molecule has 120 valence electrons. The fraction of sp³-hybridized carbons (Fsp3) is 0. The van der Waals surface area contributed by atoms with E-state index in [9.17, 15) is 14.9 Å². The summed E-state index contributed by atoms with van der Waals surface area (Å²) in [6, 6.07) is 12.8. The zero-order valence-corrected chi connectivity index (χ0v) is 13.7. The first-order chi connectivity index (χ1) is 11.5. The van der Waals surface area contributed by atoms with Gasteiger partial charge in [0.25, 0.3) is 11.6 Å². The molecule has 2 aromatic carbocycles. The zero-order chi connectivity index (χ0) is 17.1. The van der Waals surface area contributed by atoms with Crippen LogP contribution in [0.1, 0.15) is 10.5 Å². The predicted octanol–water partition coefficient (Wildman–Crippen LogP) is 4.62. The lowest BCUT2D eigenvalue weighted by Gasteiger charge is -2.02. The molecule has 0 atom stereocenters. The van der Waals surface area contributed by atoms with E-state index in [0.717, 1.165) is 5.56 Å². The number of nitrogens with one attached hydrogen (secondary N) is 1. The molecule has 3 rings (SSSR count). The van der Waals surface area contributed by atoms with Gasteiger partial charge in [-0.2, -0.15) is 0 Å². The zero-order valence-electron chi connectivity index (χ0n) is 12.1. The number of non-ortho nitro benzene ring substituents is 1. The molecule has 0 saturated carbocycles. The molecular formula is C16H10ClN3O3S. The number of amides is 1. The van der Waals surface area contributed by atoms with E-state index in [-0.39, 0.29) is 17.3 Å². The Kier molecular flexibility index (Phi) is 4.54. The fourth-order valence-corrected chi connectivity index (χ4v) is 2.98. The molecule has 0 aliphatic heterocycles. The van der Waals surface area contributed by atoms with E-state index < -0.39 is 4.92 Å². The minimum Gasteiger partial charge on any atom is -0.321 e. The van der Waals surface area contributed by atoms with E-state index in [1.807, 2.05) is 12.1 Å². The monoisotopic (exact) mass is 359 g/mol. The molecule has 0 spiro atoms. The third kappa shape index (κ3) is 3.58. The minimum atomic E-state index is -0.497. The first-order valence-corrected chi connectivity index (χ1v) is 8.06. The standard InChI is InChI=1S/C16H10ClN3O3S/c17-11-3-1-2-10(8-11)16-19-14(9-24-16)15(21)18-12-4-6-13(7-5-12)20(22)23/h1-9H,(H,18,21). The Morgan fingerprint density at radius 1 is 1.21 bits per heavy atom. The van der Waals surface area contributed by atoms with Gasteiger partial charge in [-0.1, -0.05) is 23.7 Å². The number of hydrogen-bond donors (Lipinski definition) is 1. The molecule has 0 aliphatic carbocycles. The number of carbonyl (C=O) groups is 1. The van der Waals surface area contributed by atoms with Crippen LogP contribution in [-0.2, 0) is 0 Å². The summed E-state index contributed by atoms with van der Waals surface area (Å²) in [4.78, 5) is 26.6. The van der Waals surface area contributed by atoms with Gasteiger partial charge >= 0.3 is 0 Å². The van der Waals surface area contributed by atoms with Crippen molar-refractivity contribution in [2.45, 2.75) is 0 Å². The number of aromatic nitrogens is 1. The Balaban J connectivity index is 1.75. The van der Waals surface area contributed by atoms with Crippen molar-refractivity contribution in [1.29, 1.82) is 0 Å². The average molecular weight is 360 g/mol. The number of rotatable bonds is 4. The number of anilines is 1. The van der Waals surface area contributed by atoms with Gasteiger partial charge in [-0.05, 0) is 24.3 Å². The van der Waals surface area contributed by atoms with Crippen LogP contribution in [0, 0.1) is 10.1 Å². The molecule has 1 N–H and O–H groups in total. The van der Waals surface area contributed by atoms with Crippen molar-refractivity contribution in [3.8, 4) is 10.6 Å². The summed E-state index contributed by atoms with van der Waals surface area (Å²) in [7, 11) is 0. The second-order valence-electron chi connectivity index (χ2n) is 4.81. The Morgan fingerprint density at radius 2 is 1.96 bits per heavy atom. The van der Waals surface area contributed by atoms with Crippen LogP contribution in [0.3, 0.4) is 0 Å². The average Bonchev–Trinajstić information content (AvgIpc) is 3.05. The second-order valence-corrected chi connectivity index (χ2v) is 6.10. The lowest BCUT2D eigenvalue weighted by atomic mass is 10.2. The second kappa shape index (κ2) is 6.77. The molecule has 3 aromatic rings. The summed E-state index contributed by atoms with van der Waals surface area (Å²) < 4.78 is 0. The third-order valence-electron chi connectivity index (χ3n) is 3.14. The molecule has 1 amide bonds. The number of hydrogen-bond acceptors (Lipinski definition) is 5. The van der Waals surface area contributed by atoms with E-state index in [0.29, 0.717) is 15.7 Å². The van der Waals surface area contributed by atoms with Gasteiger partial charge in [0.05, 0.1) is 4.92 Å². The van der Waals surface area contributed by atoms with Gasteiger partial charge in [-0.25, -0.2) is 4.98 Å². The third-order valence-corrected chi connectivity index (χ3v) is 4.27.